The van der Waals surface area contributed by atoms with Crippen LogP contribution in [0.2, 0.25) is 0 Å². The Bertz CT molecular complexity index is 454. The van der Waals surface area contributed by atoms with Gasteiger partial charge in [0.05, 0.1) is 0 Å². The highest BCUT2D eigenvalue weighted by molar-refractivity contribution is 5.83. The normalized spacial score (nSPS) is 11.5. The molecule has 0 unspecified atom stereocenters. The van der Waals surface area contributed by atoms with E-state index in [2.05, 4.69) is 10.2 Å². The molecule has 1 heterocycles. The second-order valence-electron chi connectivity index (χ2n) is 2.90. The Labute approximate surface area is 76.7 Å². The smallest absolute Gasteiger partial charge is 0.120 e. The highest BCUT2D eigenvalue weighted by atomic mass is 15.4. The molecule has 0 fully saturated rings. The van der Waals surface area contributed by atoms with E-state index < -0.39 is 0 Å². The van der Waals surface area contributed by atoms with Gasteiger partial charge in [-0.1, -0.05) is 24.3 Å². The summed E-state index contributed by atoms with van der Waals surface area (Å²) < 4.78 is 0. The first-order valence-corrected chi connectivity index (χ1v) is 4.24. The molecule has 3 nitrogen and oxygen atoms in total. The van der Waals surface area contributed by atoms with Crippen LogP contribution in [0.3, 0.4) is 0 Å². The van der Waals surface area contributed by atoms with Crippen molar-refractivity contribution in [2.45, 2.75) is 6.92 Å². The maximum atomic E-state index is 4.29. The molecular weight excluding hydrogens is 162 g/mol. The van der Waals surface area contributed by atoms with E-state index in [1.807, 2.05) is 44.3 Å². The van der Waals surface area contributed by atoms with Gasteiger partial charge in [0.25, 0.3) is 0 Å². The molecule has 0 aliphatic heterocycles. The van der Waals surface area contributed by atoms with Crippen LogP contribution in [-0.4, -0.2) is 15.0 Å². The lowest BCUT2D eigenvalue weighted by Gasteiger charge is -1.91. The van der Waals surface area contributed by atoms with Crippen LogP contribution in [0.25, 0.3) is 17.1 Å². The van der Waals surface area contributed by atoms with Crippen LogP contribution in [0, 0.1) is 0 Å². The predicted octanol–water partition coefficient (Wildman–Crippen LogP) is 2.00. The van der Waals surface area contributed by atoms with E-state index in [-0.39, 0.29) is 0 Å². The number of fused-ring (bicyclic) bond motifs is 1. The minimum Gasteiger partial charge on any atom is -0.187 e. The molecular formula is C10H11N3. The van der Waals surface area contributed by atoms with Crippen molar-refractivity contribution in [1.82, 2.24) is 15.0 Å². The molecule has 66 valence electrons. The standard InChI is InChI=1S/C10H11N3/c1-3-5-8-6-4-7-9-10(8)12-13(2)11-9/h3-7H,1-2H3. The molecule has 0 aliphatic carbocycles. The second kappa shape index (κ2) is 3.01. The van der Waals surface area contributed by atoms with Crippen LogP contribution in [0.4, 0.5) is 0 Å². The third kappa shape index (κ3) is 1.33. The fourth-order valence-electron chi connectivity index (χ4n) is 1.38. The maximum Gasteiger partial charge on any atom is 0.120 e. The fraction of sp³-hybridized carbons (Fsp3) is 0.200. The van der Waals surface area contributed by atoms with Crippen LogP contribution in [0.15, 0.2) is 24.3 Å². The van der Waals surface area contributed by atoms with Crippen molar-refractivity contribution >= 4 is 17.1 Å². The quantitative estimate of drug-likeness (QED) is 0.660. The van der Waals surface area contributed by atoms with Crippen LogP contribution in [0.1, 0.15) is 12.5 Å². The van der Waals surface area contributed by atoms with Gasteiger partial charge < -0.3 is 0 Å². The molecule has 0 atom stereocenters. The number of hydrogen-bond donors (Lipinski definition) is 0. The Morgan fingerprint density at radius 2 is 2.15 bits per heavy atom. The second-order valence-corrected chi connectivity index (χ2v) is 2.90. The number of nitrogens with zero attached hydrogens (tertiary/aromatic N) is 3. The first-order chi connectivity index (χ1) is 6.31. The van der Waals surface area contributed by atoms with E-state index in [0.29, 0.717) is 0 Å². The Hall–Kier alpha value is -1.64. The number of rotatable bonds is 1. The summed E-state index contributed by atoms with van der Waals surface area (Å²) in [6, 6.07) is 6.00. The first kappa shape index (κ1) is 7.98. The van der Waals surface area contributed by atoms with E-state index in [0.717, 1.165) is 16.6 Å². The van der Waals surface area contributed by atoms with Gasteiger partial charge in [-0.15, -0.1) is 0 Å². The van der Waals surface area contributed by atoms with Crippen molar-refractivity contribution in [3.05, 3.63) is 29.8 Å². The molecule has 0 N–H and O–H groups in total. The maximum absolute atomic E-state index is 4.29. The van der Waals surface area contributed by atoms with Crippen molar-refractivity contribution < 1.29 is 0 Å². The lowest BCUT2D eigenvalue weighted by Crippen LogP contribution is -1.90. The molecule has 2 rings (SSSR count). The Morgan fingerprint density at radius 1 is 1.31 bits per heavy atom. The highest BCUT2D eigenvalue weighted by Crippen LogP contribution is 2.15. The summed E-state index contributed by atoms with van der Waals surface area (Å²) in [6.07, 6.45) is 4.04. The summed E-state index contributed by atoms with van der Waals surface area (Å²) in [5.41, 5.74) is 3.02. The van der Waals surface area contributed by atoms with Gasteiger partial charge in [0.1, 0.15) is 11.0 Å². The van der Waals surface area contributed by atoms with Gasteiger partial charge in [-0.25, -0.2) is 0 Å². The van der Waals surface area contributed by atoms with Gasteiger partial charge in [0.15, 0.2) is 0 Å². The average molecular weight is 173 g/mol. The van der Waals surface area contributed by atoms with Gasteiger partial charge in [-0.05, 0) is 13.0 Å². The molecule has 0 saturated carbocycles. The van der Waals surface area contributed by atoms with Crippen molar-refractivity contribution in [3.63, 3.8) is 0 Å². The van der Waals surface area contributed by atoms with Crippen molar-refractivity contribution in [2.24, 2.45) is 7.05 Å². The van der Waals surface area contributed by atoms with Crippen LogP contribution in [0.5, 0.6) is 0 Å². The third-order valence-electron chi connectivity index (χ3n) is 1.89. The lowest BCUT2D eigenvalue weighted by atomic mass is 10.2. The van der Waals surface area contributed by atoms with E-state index in [1.54, 1.807) is 4.80 Å². The zero-order valence-corrected chi connectivity index (χ0v) is 7.73. The monoisotopic (exact) mass is 173 g/mol. The molecule has 0 bridgehead atoms. The highest BCUT2D eigenvalue weighted by Gasteiger charge is 2.02. The molecule has 0 saturated heterocycles. The van der Waals surface area contributed by atoms with Gasteiger partial charge in [0.2, 0.25) is 0 Å². The van der Waals surface area contributed by atoms with Crippen LogP contribution in [-0.2, 0) is 7.05 Å². The summed E-state index contributed by atoms with van der Waals surface area (Å²) in [6.45, 7) is 2.00. The number of aryl methyl sites for hydroxylation is 1. The first-order valence-electron chi connectivity index (χ1n) is 4.24. The zero-order valence-electron chi connectivity index (χ0n) is 7.73. The van der Waals surface area contributed by atoms with Crippen LogP contribution >= 0.6 is 0 Å². The van der Waals surface area contributed by atoms with E-state index >= 15 is 0 Å². The molecule has 0 spiro atoms. The summed E-state index contributed by atoms with van der Waals surface area (Å²) in [7, 11) is 1.83. The average Bonchev–Trinajstić information content (AvgIpc) is 2.47. The molecule has 3 heteroatoms. The van der Waals surface area contributed by atoms with Crippen molar-refractivity contribution in [2.75, 3.05) is 0 Å². The summed E-state index contributed by atoms with van der Waals surface area (Å²) in [5, 5.41) is 8.51. The lowest BCUT2D eigenvalue weighted by molar-refractivity contribution is 0.665. The number of allylic oxidation sites excluding steroid dienone is 1. The Morgan fingerprint density at radius 3 is 2.92 bits per heavy atom. The summed E-state index contributed by atoms with van der Waals surface area (Å²) >= 11 is 0. The Balaban J connectivity index is 2.74. The third-order valence-corrected chi connectivity index (χ3v) is 1.89. The minimum atomic E-state index is 0.943. The minimum absolute atomic E-state index is 0.943. The summed E-state index contributed by atoms with van der Waals surface area (Å²) in [5.74, 6) is 0. The zero-order chi connectivity index (χ0) is 9.26. The molecule has 2 aromatic rings. The Kier molecular flexibility index (Phi) is 1.85. The summed E-state index contributed by atoms with van der Waals surface area (Å²) in [4.78, 5) is 1.59. The number of hydrogen-bond acceptors (Lipinski definition) is 2. The van der Waals surface area contributed by atoms with Crippen LogP contribution < -0.4 is 0 Å². The molecule has 0 radical (unpaired) electrons. The number of aromatic nitrogens is 3. The molecule has 1 aromatic carbocycles. The molecule has 13 heavy (non-hydrogen) atoms. The van der Waals surface area contributed by atoms with E-state index in [1.165, 1.54) is 0 Å². The van der Waals surface area contributed by atoms with Gasteiger partial charge in [-0.2, -0.15) is 15.0 Å². The van der Waals surface area contributed by atoms with Crippen molar-refractivity contribution in [3.8, 4) is 0 Å². The molecule has 1 aromatic heterocycles. The predicted molar refractivity (Wildman–Crippen MR) is 53.2 cm³/mol. The number of benzene rings is 1. The van der Waals surface area contributed by atoms with E-state index in [4.69, 9.17) is 0 Å². The fourth-order valence-corrected chi connectivity index (χ4v) is 1.38. The molecule has 0 amide bonds. The molecule has 0 aliphatic rings. The van der Waals surface area contributed by atoms with Gasteiger partial charge in [-0.3, -0.25) is 0 Å². The van der Waals surface area contributed by atoms with Gasteiger partial charge in [0, 0.05) is 12.6 Å². The van der Waals surface area contributed by atoms with E-state index in [9.17, 15) is 0 Å². The SMILES string of the molecule is CC=Cc1cccc2nn(C)nc12. The van der Waals surface area contributed by atoms with Crippen molar-refractivity contribution in [1.29, 1.82) is 0 Å². The largest absolute Gasteiger partial charge is 0.187 e. The van der Waals surface area contributed by atoms with Gasteiger partial charge >= 0.3 is 0 Å². The topological polar surface area (TPSA) is 30.7 Å².